The van der Waals surface area contributed by atoms with Crippen molar-refractivity contribution in [1.82, 2.24) is 9.71 Å². The lowest BCUT2D eigenvalue weighted by molar-refractivity contribution is 0.101. The first-order valence-corrected chi connectivity index (χ1v) is 7.28. The highest BCUT2D eigenvalue weighted by Crippen LogP contribution is 2.20. The zero-order valence-electron chi connectivity index (χ0n) is 9.71. The van der Waals surface area contributed by atoms with Gasteiger partial charge in [-0.15, -0.1) is 0 Å². The lowest BCUT2D eigenvalue weighted by atomic mass is 9.93. The van der Waals surface area contributed by atoms with Crippen molar-refractivity contribution in [3.8, 4) is 0 Å². The molecule has 1 heterocycles. The molecule has 0 radical (unpaired) electrons. The van der Waals surface area contributed by atoms with Crippen molar-refractivity contribution in [2.75, 3.05) is 0 Å². The van der Waals surface area contributed by atoms with E-state index in [1.165, 1.54) is 0 Å². The van der Waals surface area contributed by atoms with E-state index in [4.69, 9.17) is 0 Å². The molecule has 0 aromatic carbocycles. The zero-order valence-corrected chi connectivity index (χ0v) is 10.5. The number of rotatable bonds is 3. The number of aromatic nitrogens is 1. The lowest BCUT2D eigenvalue weighted by Gasteiger charge is -2.27. The van der Waals surface area contributed by atoms with E-state index in [0.717, 1.165) is 31.3 Å². The van der Waals surface area contributed by atoms with Crippen molar-refractivity contribution in [3.05, 3.63) is 24.3 Å². The number of hydrogen-bond donors (Lipinski definition) is 2. The molecule has 2 atom stereocenters. The molecule has 2 N–H and O–H groups in total. The summed E-state index contributed by atoms with van der Waals surface area (Å²) in [4.78, 5) is 3.28. The number of aliphatic hydroxyl groups is 1. The van der Waals surface area contributed by atoms with Crippen molar-refractivity contribution in [3.63, 3.8) is 0 Å². The SMILES string of the molecule is O=S(=O)(N[C@H]1CCCC[C@@H]1O)c1cncc(F)c1. The fourth-order valence-corrected chi connectivity index (χ4v) is 3.33. The van der Waals surface area contributed by atoms with Gasteiger partial charge in [-0.3, -0.25) is 4.98 Å². The van der Waals surface area contributed by atoms with Gasteiger partial charge in [0, 0.05) is 12.2 Å². The Kier molecular flexibility index (Phi) is 3.94. The van der Waals surface area contributed by atoms with Crippen molar-refractivity contribution in [2.45, 2.75) is 42.7 Å². The zero-order chi connectivity index (χ0) is 13.2. The second-order valence-corrected chi connectivity index (χ2v) is 6.13. The van der Waals surface area contributed by atoms with Crippen LogP contribution in [0.3, 0.4) is 0 Å². The van der Waals surface area contributed by atoms with Gasteiger partial charge < -0.3 is 5.11 Å². The Morgan fingerprint density at radius 2 is 2.06 bits per heavy atom. The van der Waals surface area contributed by atoms with E-state index in [1.54, 1.807) is 0 Å². The Bertz CT molecular complexity index is 521. The van der Waals surface area contributed by atoms with Crippen LogP contribution in [0.4, 0.5) is 4.39 Å². The van der Waals surface area contributed by atoms with Crippen molar-refractivity contribution >= 4 is 10.0 Å². The molecular formula is C11H15FN2O3S. The maximum absolute atomic E-state index is 12.9. The Morgan fingerprint density at radius 3 is 2.72 bits per heavy atom. The number of hydrogen-bond acceptors (Lipinski definition) is 4. The van der Waals surface area contributed by atoms with Crippen LogP contribution in [0.1, 0.15) is 25.7 Å². The Morgan fingerprint density at radius 1 is 1.33 bits per heavy atom. The molecule has 1 aromatic rings. The minimum Gasteiger partial charge on any atom is -0.391 e. The van der Waals surface area contributed by atoms with E-state index in [1.807, 2.05) is 0 Å². The standard InChI is InChI=1S/C11H15FN2O3S/c12-8-5-9(7-13-6-8)18(16,17)14-10-3-1-2-4-11(10)15/h5-7,10-11,14-15H,1-4H2/t10-,11-/m0/s1. The van der Waals surface area contributed by atoms with Crippen LogP contribution < -0.4 is 4.72 Å². The fraction of sp³-hybridized carbons (Fsp3) is 0.545. The monoisotopic (exact) mass is 274 g/mol. The minimum atomic E-state index is -3.83. The molecule has 5 nitrogen and oxygen atoms in total. The molecule has 1 saturated carbocycles. The molecule has 100 valence electrons. The van der Waals surface area contributed by atoms with Crippen LogP contribution in [0.5, 0.6) is 0 Å². The molecule has 0 amide bonds. The van der Waals surface area contributed by atoms with E-state index in [0.29, 0.717) is 12.8 Å². The first-order chi connectivity index (χ1) is 8.49. The Balaban J connectivity index is 2.16. The molecule has 18 heavy (non-hydrogen) atoms. The van der Waals surface area contributed by atoms with Gasteiger partial charge in [0.25, 0.3) is 0 Å². The van der Waals surface area contributed by atoms with Gasteiger partial charge in [-0.2, -0.15) is 0 Å². The molecule has 2 rings (SSSR count). The topological polar surface area (TPSA) is 79.3 Å². The molecule has 0 spiro atoms. The number of aliphatic hydroxyl groups excluding tert-OH is 1. The highest BCUT2D eigenvalue weighted by Gasteiger charge is 2.28. The summed E-state index contributed by atoms with van der Waals surface area (Å²) in [7, 11) is -3.83. The van der Waals surface area contributed by atoms with E-state index < -0.39 is 28.0 Å². The Labute approximate surface area is 105 Å². The van der Waals surface area contributed by atoms with Crippen molar-refractivity contribution in [2.24, 2.45) is 0 Å². The highest BCUT2D eigenvalue weighted by molar-refractivity contribution is 7.89. The maximum atomic E-state index is 12.9. The third-order valence-electron chi connectivity index (χ3n) is 3.03. The van der Waals surface area contributed by atoms with Gasteiger partial charge in [0.1, 0.15) is 10.7 Å². The number of pyridine rings is 1. The largest absolute Gasteiger partial charge is 0.391 e. The average Bonchev–Trinajstić information content (AvgIpc) is 2.32. The number of nitrogens with zero attached hydrogens (tertiary/aromatic N) is 1. The second kappa shape index (κ2) is 5.29. The van der Waals surface area contributed by atoms with E-state index in [-0.39, 0.29) is 4.90 Å². The van der Waals surface area contributed by atoms with Crippen LogP contribution >= 0.6 is 0 Å². The Hall–Kier alpha value is -1.05. The van der Waals surface area contributed by atoms with E-state index in [9.17, 15) is 17.9 Å². The van der Waals surface area contributed by atoms with Gasteiger partial charge in [-0.25, -0.2) is 17.5 Å². The van der Waals surface area contributed by atoms with Crippen LogP contribution in [0.25, 0.3) is 0 Å². The molecular weight excluding hydrogens is 259 g/mol. The molecule has 0 unspecified atom stereocenters. The molecule has 0 saturated heterocycles. The molecule has 0 aliphatic heterocycles. The van der Waals surface area contributed by atoms with Gasteiger partial charge in [-0.1, -0.05) is 12.8 Å². The summed E-state index contributed by atoms with van der Waals surface area (Å²) >= 11 is 0. The van der Waals surface area contributed by atoms with Gasteiger partial charge >= 0.3 is 0 Å². The van der Waals surface area contributed by atoms with Crippen LogP contribution in [0, 0.1) is 5.82 Å². The van der Waals surface area contributed by atoms with E-state index in [2.05, 4.69) is 9.71 Å². The lowest BCUT2D eigenvalue weighted by Crippen LogP contribution is -2.44. The minimum absolute atomic E-state index is 0.222. The van der Waals surface area contributed by atoms with Crippen LogP contribution in [-0.2, 0) is 10.0 Å². The first-order valence-electron chi connectivity index (χ1n) is 5.80. The van der Waals surface area contributed by atoms with Gasteiger partial charge in [0.15, 0.2) is 0 Å². The smallest absolute Gasteiger partial charge is 0.242 e. The second-order valence-electron chi connectivity index (χ2n) is 4.42. The highest BCUT2D eigenvalue weighted by atomic mass is 32.2. The predicted octanol–water partition coefficient (Wildman–Crippen LogP) is 0.802. The fourth-order valence-electron chi connectivity index (χ4n) is 2.06. The molecule has 7 heteroatoms. The first kappa shape index (κ1) is 13.4. The van der Waals surface area contributed by atoms with Crippen molar-refractivity contribution in [1.29, 1.82) is 0 Å². The third kappa shape index (κ3) is 3.04. The van der Waals surface area contributed by atoms with Gasteiger partial charge in [0.2, 0.25) is 10.0 Å². The molecule has 0 bridgehead atoms. The summed E-state index contributed by atoms with van der Waals surface area (Å²) in [5.41, 5.74) is 0. The summed E-state index contributed by atoms with van der Waals surface area (Å²) in [6, 6.07) is 0.400. The van der Waals surface area contributed by atoms with Crippen LogP contribution in [0.2, 0.25) is 0 Å². The van der Waals surface area contributed by atoms with Crippen LogP contribution in [-0.4, -0.2) is 30.7 Å². The molecule has 1 aliphatic carbocycles. The summed E-state index contributed by atoms with van der Waals surface area (Å²) in [6.45, 7) is 0. The van der Waals surface area contributed by atoms with E-state index >= 15 is 0 Å². The number of nitrogens with one attached hydrogen (secondary N) is 1. The summed E-state index contributed by atoms with van der Waals surface area (Å²) < 4.78 is 39.3. The molecule has 1 aliphatic rings. The average molecular weight is 274 g/mol. The van der Waals surface area contributed by atoms with Crippen LogP contribution in [0.15, 0.2) is 23.4 Å². The van der Waals surface area contributed by atoms with Gasteiger partial charge in [-0.05, 0) is 18.9 Å². The molecule has 1 aromatic heterocycles. The predicted molar refractivity (Wildman–Crippen MR) is 62.8 cm³/mol. The normalized spacial score (nSPS) is 25.0. The van der Waals surface area contributed by atoms with Gasteiger partial charge in [0.05, 0.1) is 12.3 Å². The quantitative estimate of drug-likeness (QED) is 0.854. The maximum Gasteiger partial charge on any atom is 0.242 e. The van der Waals surface area contributed by atoms with Crippen molar-refractivity contribution < 1.29 is 17.9 Å². The summed E-state index contributed by atoms with van der Waals surface area (Å²) in [5.74, 6) is -0.706. The summed E-state index contributed by atoms with van der Waals surface area (Å²) in [6.07, 6.45) is 4.26. The number of sulfonamides is 1. The summed E-state index contributed by atoms with van der Waals surface area (Å²) in [5, 5.41) is 9.72. The number of halogens is 1. The third-order valence-corrected chi connectivity index (χ3v) is 4.48. The molecule has 1 fully saturated rings.